The molecule has 3 nitrogen and oxygen atoms in total. The maximum absolute atomic E-state index is 12.6. The Balaban J connectivity index is 2.15. The number of nitrogens with zero attached hydrogens (tertiary/aromatic N) is 1. The lowest BCUT2D eigenvalue weighted by Crippen LogP contribution is -2.71. The van der Waals surface area contributed by atoms with Crippen LogP contribution in [0.15, 0.2) is 0 Å². The number of quaternary nitrogens is 1. The van der Waals surface area contributed by atoms with Crippen molar-refractivity contribution >= 4 is 5.91 Å². The molecule has 0 aliphatic carbocycles. The molecule has 1 fully saturated rings. The van der Waals surface area contributed by atoms with Gasteiger partial charge in [-0.15, -0.1) is 0 Å². The summed E-state index contributed by atoms with van der Waals surface area (Å²) in [6.07, 6.45) is 3.87. The Kier molecular flexibility index (Phi) is 4.86. The molecule has 1 atom stereocenters. The van der Waals surface area contributed by atoms with Gasteiger partial charge in [0.05, 0.1) is 13.1 Å². The van der Waals surface area contributed by atoms with Crippen molar-refractivity contribution < 1.29 is 19.3 Å². The molecule has 1 aliphatic rings. The standard InChI is InChI=1S/C12H22F2N2O/c1-9(2)5-3-4-6-10(15)11(17)16-7-12(13,14)8-16/h9-10H,3-8,15H2,1-2H3/p+1. The number of carbonyl (C=O) groups is 1. The minimum atomic E-state index is -2.67. The van der Waals surface area contributed by atoms with E-state index in [4.69, 9.17) is 0 Å². The Morgan fingerprint density at radius 3 is 2.29 bits per heavy atom. The Morgan fingerprint density at radius 2 is 1.82 bits per heavy atom. The smallest absolute Gasteiger partial charge is 0.282 e. The van der Waals surface area contributed by atoms with E-state index in [1.165, 1.54) is 4.90 Å². The van der Waals surface area contributed by atoms with Gasteiger partial charge in [-0.1, -0.05) is 26.7 Å². The maximum Gasteiger partial charge on any atom is 0.282 e. The molecule has 3 N–H and O–H groups in total. The van der Waals surface area contributed by atoms with Crippen LogP contribution in [0.25, 0.3) is 0 Å². The molecule has 0 bridgehead atoms. The van der Waals surface area contributed by atoms with Crippen LogP contribution in [0, 0.1) is 5.92 Å². The number of likely N-dealkylation sites (tertiary alicyclic amines) is 1. The third-order valence-electron chi connectivity index (χ3n) is 3.09. The lowest BCUT2D eigenvalue weighted by Gasteiger charge is -2.39. The van der Waals surface area contributed by atoms with Gasteiger partial charge in [-0.25, -0.2) is 8.78 Å². The van der Waals surface area contributed by atoms with Crippen LogP contribution < -0.4 is 5.73 Å². The van der Waals surface area contributed by atoms with Crippen molar-refractivity contribution in [1.82, 2.24) is 4.90 Å². The summed E-state index contributed by atoms with van der Waals surface area (Å²) < 4.78 is 25.2. The first-order valence-corrected chi connectivity index (χ1v) is 6.31. The fourth-order valence-corrected chi connectivity index (χ4v) is 1.99. The molecule has 0 spiro atoms. The number of amides is 1. The molecule has 1 aliphatic heterocycles. The normalized spacial score (nSPS) is 20.2. The van der Waals surface area contributed by atoms with Crippen molar-refractivity contribution in [3.63, 3.8) is 0 Å². The van der Waals surface area contributed by atoms with Gasteiger partial charge in [0.15, 0.2) is 6.04 Å². The summed E-state index contributed by atoms with van der Waals surface area (Å²) in [5.41, 5.74) is 3.77. The van der Waals surface area contributed by atoms with Gasteiger partial charge in [-0.2, -0.15) is 0 Å². The molecule has 1 rings (SSSR count). The highest BCUT2D eigenvalue weighted by Gasteiger charge is 2.47. The van der Waals surface area contributed by atoms with Crippen molar-refractivity contribution in [2.24, 2.45) is 5.92 Å². The van der Waals surface area contributed by atoms with E-state index in [9.17, 15) is 13.6 Å². The largest absolute Gasteiger partial charge is 0.347 e. The predicted octanol–water partition coefficient (Wildman–Crippen LogP) is 1.29. The van der Waals surface area contributed by atoms with E-state index in [0.29, 0.717) is 12.3 Å². The van der Waals surface area contributed by atoms with E-state index in [-0.39, 0.29) is 11.9 Å². The van der Waals surface area contributed by atoms with Crippen molar-refractivity contribution in [2.45, 2.75) is 51.5 Å². The average molecular weight is 249 g/mol. The molecular formula is C12H23F2N2O+. The summed E-state index contributed by atoms with van der Waals surface area (Å²) in [5.74, 6) is -2.23. The number of halogens is 2. The van der Waals surface area contributed by atoms with Crippen LogP contribution in [0.4, 0.5) is 8.78 Å². The van der Waals surface area contributed by atoms with Crippen molar-refractivity contribution in [3.8, 4) is 0 Å². The van der Waals surface area contributed by atoms with Gasteiger partial charge in [0, 0.05) is 6.42 Å². The van der Waals surface area contributed by atoms with Gasteiger partial charge in [0.1, 0.15) is 0 Å². The van der Waals surface area contributed by atoms with Gasteiger partial charge < -0.3 is 10.6 Å². The fourth-order valence-electron chi connectivity index (χ4n) is 1.99. The van der Waals surface area contributed by atoms with E-state index in [1.54, 1.807) is 0 Å². The molecule has 5 heteroatoms. The van der Waals surface area contributed by atoms with Crippen LogP contribution in [0.1, 0.15) is 39.5 Å². The minimum absolute atomic E-state index is 0.222. The van der Waals surface area contributed by atoms with E-state index in [0.717, 1.165) is 19.3 Å². The predicted molar refractivity (Wildman–Crippen MR) is 61.5 cm³/mol. The van der Waals surface area contributed by atoms with Crippen LogP contribution >= 0.6 is 0 Å². The summed E-state index contributed by atoms with van der Waals surface area (Å²) in [7, 11) is 0. The topological polar surface area (TPSA) is 48.0 Å². The van der Waals surface area contributed by atoms with Gasteiger partial charge in [0.2, 0.25) is 0 Å². The highest BCUT2D eigenvalue weighted by molar-refractivity contribution is 5.81. The Bertz CT molecular complexity index is 261. The number of alkyl halides is 2. The maximum atomic E-state index is 12.6. The molecule has 0 radical (unpaired) electrons. The highest BCUT2D eigenvalue weighted by Crippen LogP contribution is 2.27. The Morgan fingerprint density at radius 1 is 1.29 bits per heavy atom. The average Bonchev–Trinajstić information content (AvgIpc) is 2.19. The number of hydrogen-bond donors (Lipinski definition) is 1. The van der Waals surface area contributed by atoms with Crippen LogP contribution in [0.2, 0.25) is 0 Å². The van der Waals surface area contributed by atoms with Crippen LogP contribution in [-0.4, -0.2) is 35.9 Å². The van der Waals surface area contributed by atoms with E-state index >= 15 is 0 Å². The molecule has 0 saturated carbocycles. The van der Waals surface area contributed by atoms with Gasteiger partial charge in [0.25, 0.3) is 11.8 Å². The van der Waals surface area contributed by atoms with Crippen molar-refractivity contribution in [1.29, 1.82) is 0 Å². The Hall–Kier alpha value is -0.710. The number of unbranched alkanes of at least 4 members (excludes halogenated alkanes) is 1. The first-order valence-electron chi connectivity index (χ1n) is 6.31. The summed E-state index contributed by atoms with van der Waals surface area (Å²) >= 11 is 0. The van der Waals surface area contributed by atoms with Gasteiger partial charge in [-0.05, 0) is 12.3 Å². The number of carbonyl (C=O) groups excluding carboxylic acids is 1. The SMILES string of the molecule is CC(C)CCCCC([NH3+])C(=O)N1CC(F)(F)C1. The quantitative estimate of drug-likeness (QED) is 0.708. The molecule has 1 amide bonds. The second-order valence-electron chi connectivity index (χ2n) is 5.43. The zero-order valence-corrected chi connectivity index (χ0v) is 10.7. The fraction of sp³-hybridized carbons (Fsp3) is 0.917. The molecule has 0 aromatic rings. The van der Waals surface area contributed by atoms with Crippen LogP contribution in [0.3, 0.4) is 0 Å². The lowest BCUT2D eigenvalue weighted by molar-refractivity contribution is -0.408. The molecule has 100 valence electrons. The molecular weight excluding hydrogens is 226 g/mol. The minimum Gasteiger partial charge on any atom is -0.347 e. The van der Waals surface area contributed by atoms with E-state index in [1.807, 2.05) is 0 Å². The third kappa shape index (κ3) is 4.58. The van der Waals surface area contributed by atoms with Gasteiger partial charge in [-0.3, -0.25) is 4.79 Å². The molecule has 1 saturated heterocycles. The summed E-state index contributed by atoms with van der Waals surface area (Å²) in [6, 6.07) is -0.363. The zero-order chi connectivity index (χ0) is 13.1. The summed E-state index contributed by atoms with van der Waals surface area (Å²) in [6.45, 7) is 3.47. The molecule has 1 unspecified atom stereocenters. The third-order valence-corrected chi connectivity index (χ3v) is 3.09. The van der Waals surface area contributed by atoms with Crippen LogP contribution in [-0.2, 0) is 4.79 Å². The first-order chi connectivity index (χ1) is 7.82. The van der Waals surface area contributed by atoms with Crippen molar-refractivity contribution in [2.75, 3.05) is 13.1 Å². The number of hydrogen-bond acceptors (Lipinski definition) is 1. The monoisotopic (exact) mass is 249 g/mol. The molecule has 0 aromatic carbocycles. The lowest BCUT2D eigenvalue weighted by atomic mass is 10.0. The van der Waals surface area contributed by atoms with Crippen LogP contribution in [0.5, 0.6) is 0 Å². The number of rotatable bonds is 6. The molecule has 17 heavy (non-hydrogen) atoms. The first kappa shape index (κ1) is 14.4. The summed E-state index contributed by atoms with van der Waals surface area (Å²) in [5, 5.41) is 0. The Labute approximate surface area is 101 Å². The molecule has 0 aromatic heterocycles. The zero-order valence-electron chi connectivity index (χ0n) is 10.7. The van der Waals surface area contributed by atoms with E-state index < -0.39 is 19.0 Å². The van der Waals surface area contributed by atoms with Gasteiger partial charge >= 0.3 is 0 Å². The van der Waals surface area contributed by atoms with Crippen molar-refractivity contribution in [3.05, 3.63) is 0 Å². The second-order valence-corrected chi connectivity index (χ2v) is 5.43. The summed E-state index contributed by atoms with van der Waals surface area (Å²) in [4.78, 5) is 12.9. The second kappa shape index (κ2) is 5.76. The highest BCUT2D eigenvalue weighted by atomic mass is 19.3. The van der Waals surface area contributed by atoms with E-state index in [2.05, 4.69) is 19.6 Å². The molecule has 1 heterocycles.